The molecule has 0 aromatic heterocycles. The molecule has 2 N–H and O–H groups in total. The van der Waals surface area contributed by atoms with Gasteiger partial charge in [0.05, 0.1) is 5.69 Å². The lowest BCUT2D eigenvalue weighted by atomic mass is 10.3. The lowest BCUT2D eigenvalue weighted by molar-refractivity contribution is -0.120. The highest BCUT2D eigenvalue weighted by atomic mass is 35.5. The number of hydrazine groups is 1. The average Bonchev–Trinajstić information content (AvgIpc) is 2.99. The Morgan fingerprint density at radius 2 is 2.27 bits per heavy atom. The standard InChI is InChI=1S/C11H13ClN2O/c12-9-2-1-3-10(7-9)13-14-11(15)6-8-4-5-8/h1-3,7-8,13H,4-6H2,(H,14,15). The molecule has 0 bridgehead atoms. The zero-order valence-corrected chi connectivity index (χ0v) is 9.05. The first-order valence-electron chi connectivity index (χ1n) is 5.04. The van der Waals surface area contributed by atoms with Gasteiger partial charge in [0.1, 0.15) is 0 Å². The molecule has 0 heterocycles. The van der Waals surface area contributed by atoms with Crippen LogP contribution in [0.4, 0.5) is 5.69 Å². The Bertz CT molecular complexity index is 363. The van der Waals surface area contributed by atoms with Crippen molar-refractivity contribution in [3.63, 3.8) is 0 Å². The van der Waals surface area contributed by atoms with E-state index >= 15 is 0 Å². The van der Waals surface area contributed by atoms with Crippen LogP contribution in [0.5, 0.6) is 0 Å². The van der Waals surface area contributed by atoms with Gasteiger partial charge in [-0.15, -0.1) is 0 Å². The van der Waals surface area contributed by atoms with Crippen molar-refractivity contribution in [1.82, 2.24) is 5.43 Å². The molecule has 0 spiro atoms. The monoisotopic (exact) mass is 224 g/mol. The zero-order valence-electron chi connectivity index (χ0n) is 8.29. The Labute approximate surface area is 93.8 Å². The van der Waals surface area contributed by atoms with E-state index in [0.29, 0.717) is 17.4 Å². The largest absolute Gasteiger partial charge is 0.299 e. The SMILES string of the molecule is O=C(CC1CC1)NNc1cccc(Cl)c1. The van der Waals surface area contributed by atoms with Gasteiger partial charge in [-0.05, 0) is 37.0 Å². The van der Waals surface area contributed by atoms with Crippen molar-refractivity contribution >= 4 is 23.2 Å². The first-order chi connectivity index (χ1) is 7.24. The van der Waals surface area contributed by atoms with Crippen molar-refractivity contribution in [3.8, 4) is 0 Å². The number of amides is 1. The van der Waals surface area contributed by atoms with E-state index in [0.717, 1.165) is 5.69 Å². The second-order valence-electron chi connectivity index (χ2n) is 3.83. The van der Waals surface area contributed by atoms with E-state index in [1.54, 1.807) is 12.1 Å². The van der Waals surface area contributed by atoms with Crippen molar-refractivity contribution in [2.75, 3.05) is 5.43 Å². The van der Waals surface area contributed by atoms with Crippen LogP contribution in [-0.4, -0.2) is 5.91 Å². The van der Waals surface area contributed by atoms with Gasteiger partial charge in [0.25, 0.3) is 0 Å². The summed E-state index contributed by atoms with van der Waals surface area (Å²) in [7, 11) is 0. The molecule has 0 unspecified atom stereocenters. The number of hydrogen-bond donors (Lipinski definition) is 2. The molecule has 1 aliphatic rings. The van der Waals surface area contributed by atoms with Crippen LogP contribution in [-0.2, 0) is 4.79 Å². The topological polar surface area (TPSA) is 41.1 Å². The molecule has 80 valence electrons. The third-order valence-corrected chi connectivity index (χ3v) is 2.58. The smallest absolute Gasteiger partial charge is 0.238 e. The fourth-order valence-corrected chi connectivity index (χ4v) is 1.53. The van der Waals surface area contributed by atoms with Crippen molar-refractivity contribution in [3.05, 3.63) is 29.3 Å². The Hall–Kier alpha value is -1.22. The van der Waals surface area contributed by atoms with Crippen LogP contribution in [0.1, 0.15) is 19.3 Å². The number of carbonyl (C=O) groups is 1. The van der Waals surface area contributed by atoms with E-state index in [9.17, 15) is 4.79 Å². The summed E-state index contributed by atoms with van der Waals surface area (Å²) in [5.74, 6) is 0.642. The first-order valence-corrected chi connectivity index (χ1v) is 5.42. The van der Waals surface area contributed by atoms with E-state index in [1.807, 2.05) is 12.1 Å². The Kier molecular flexibility index (Phi) is 3.11. The van der Waals surface area contributed by atoms with Gasteiger partial charge in [0, 0.05) is 11.4 Å². The quantitative estimate of drug-likeness (QED) is 0.772. The summed E-state index contributed by atoms with van der Waals surface area (Å²) < 4.78 is 0. The van der Waals surface area contributed by atoms with Crippen LogP contribution in [0.3, 0.4) is 0 Å². The Balaban J connectivity index is 1.78. The summed E-state index contributed by atoms with van der Waals surface area (Å²) >= 11 is 5.80. The van der Waals surface area contributed by atoms with Crippen LogP contribution in [0, 0.1) is 5.92 Å². The molecule has 1 aromatic carbocycles. The highest BCUT2D eigenvalue weighted by Gasteiger charge is 2.24. The average molecular weight is 225 g/mol. The third kappa shape index (κ3) is 3.44. The molecule has 1 amide bonds. The molecular weight excluding hydrogens is 212 g/mol. The van der Waals surface area contributed by atoms with Gasteiger partial charge in [0.2, 0.25) is 5.91 Å². The predicted octanol–water partition coefficient (Wildman–Crippen LogP) is 2.58. The Morgan fingerprint density at radius 1 is 1.47 bits per heavy atom. The van der Waals surface area contributed by atoms with Gasteiger partial charge >= 0.3 is 0 Å². The van der Waals surface area contributed by atoms with Crippen LogP contribution < -0.4 is 10.9 Å². The van der Waals surface area contributed by atoms with Crippen molar-refractivity contribution < 1.29 is 4.79 Å². The van der Waals surface area contributed by atoms with Gasteiger partial charge in [-0.3, -0.25) is 15.6 Å². The van der Waals surface area contributed by atoms with Gasteiger partial charge in [-0.2, -0.15) is 0 Å². The van der Waals surface area contributed by atoms with Crippen LogP contribution in [0.15, 0.2) is 24.3 Å². The predicted molar refractivity (Wildman–Crippen MR) is 60.6 cm³/mol. The van der Waals surface area contributed by atoms with E-state index < -0.39 is 0 Å². The van der Waals surface area contributed by atoms with E-state index in [2.05, 4.69) is 10.9 Å². The second-order valence-corrected chi connectivity index (χ2v) is 4.27. The van der Waals surface area contributed by atoms with Crippen molar-refractivity contribution in [1.29, 1.82) is 0 Å². The zero-order chi connectivity index (χ0) is 10.7. The molecule has 0 aliphatic heterocycles. The molecule has 15 heavy (non-hydrogen) atoms. The van der Waals surface area contributed by atoms with Crippen molar-refractivity contribution in [2.24, 2.45) is 5.92 Å². The first kappa shape index (κ1) is 10.3. The maximum atomic E-state index is 11.3. The summed E-state index contributed by atoms with van der Waals surface area (Å²) in [6.45, 7) is 0. The number of rotatable bonds is 4. The molecule has 1 aliphatic carbocycles. The number of carbonyl (C=O) groups excluding carboxylic acids is 1. The molecule has 1 saturated carbocycles. The molecule has 2 rings (SSSR count). The maximum Gasteiger partial charge on any atom is 0.238 e. The number of benzene rings is 1. The highest BCUT2D eigenvalue weighted by Crippen LogP contribution is 2.32. The fraction of sp³-hybridized carbons (Fsp3) is 0.364. The van der Waals surface area contributed by atoms with E-state index in [1.165, 1.54) is 12.8 Å². The molecule has 0 saturated heterocycles. The summed E-state index contributed by atoms with van der Waals surface area (Å²) in [5, 5.41) is 0.649. The lowest BCUT2D eigenvalue weighted by Gasteiger charge is -2.07. The van der Waals surface area contributed by atoms with Gasteiger partial charge in [-0.25, -0.2) is 0 Å². The minimum Gasteiger partial charge on any atom is -0.299 e. The van der Waals surface area contributed by atoms with Crippen LogP contribution >= 0.6 is 11.6 Å². The molecule has 0 atom stereocenters. The number of nitrogens with one attached hydrogen (secondary N) is 2. The third-order valence-electron chi connectivity index (χ3n) is 2.34. The maximum absolute atomic E-state index is 11.3. The summed E-state index contributed by atoms with van der Waals surface area (Å²) in [6, 6.07) is 7.23. The van der Waals surface area contributed by atoms with Crippen molar-refractivity contribution in [2.45, 2.75) is 19.3 Å². The number of halogens is 1. The Morgan fingerprint density at radius 3 is 2.93 bits per heavy atom. The molecule has 1 aromatic rings. The molecule has 4 heteroatoms. The number of hydrogen-bond acceptors (Lipinski definition) is 2. The summed E-state index contributed by atoms with van der Waals surface area (Å²) in [6.07, 6.45) is 2.99. The van der Waals surface area contributed by atoms with Gasteiger partial charge in [-0.1, -0.05) is 17.7 Å². The second kappa shape index (κ2) is 4.53. The molecule has 1 fully saturated rings. The van der Waals surface area contributed by atoms with Crippen LogP contribution in [0.25, 0.3) is 0 Å². The minimum atomic E-state index is 0.0393. The molecular formula is C11H13ClN2O. The summed E-state index contributed by atoms with van der Waals surface area (Å²) in [4.78, 5) is 11.3. The minimum absolute atomic E-state index is 0.0393. The normalized spacial score (nSPS) is 14.7. The summed E-state index contributed by atoms with van der Waals surface area (Å²) in [5.41, 5.74) is 6.28. The fourth-order valence-electron chi connectivity index (χ4n) is 1.34. The molecule has 3 nitrogen and oxygen atoms in total. The van der Waals surface area contributed by atoms with Gasteiger partial charge < -0.3 is 0 Å². The highest BCUT2D eigenvalue weighted by molar-refractivity contribution is 6.30. The lowest BCUT2D eigenvalue weighted by Crippen LogP contribution is -2.29. The van der Waals surface area contributed by atoms with Crippen LogP contribution in [0.2, 0.25) is 5.02 Å². The molecule has 0 radical (unpaired) electrons. The number of anilines is 1. The van der Waals surface area contributed by atoms with E-state index in [4.69, 9.17) is 11.6 Å². The van der Waals surface area contributed by atoms with Gasteiger partial charge in [0.15, 0.2) is 0 Å². The van der Waals surface area contributed by atoms with E-state index in [-0.39, 0.29) is 5.91 Å².